The van der Waals surface area contributed by atoms with Crippen molar-refractivity contribution in [2.45, 2.75) is 32.8 Å². The van der Waals surface area contributed by atoms with Gasteiger partial charge in [-0.15, -0.1) is 0 Å². The molecule has 133 valence electrons. The van der Waals surface area contributed by atoms with Gasteiger partial charge in [-0.25, -0.2) is 4.79 Å². The second-order valence-electron chi connectivity index (χ2n) is 5.63. The molecule has 1 rings (SSSR count). The number of aliphatic hydroxyl groups excluding tert-OH is 1. The van der Waals surface area contributed by atoms with Crippen LogP contribution in [0, 0.1) is 5.92 Å². The number of nitrogens with one attached hydrogen (secondary N) is 1. The molecule has 1 unspecified atom stereocenters. The first-order valence-corrected chi connectivity index (χ1v) is 7.76. The van der Waals surface area contributed by atoms with Gasteiger partial charge in [0.1, 0.15) is 11.9 Å². The first-order chi connectivity index (χ1) is 11.0. The summed E-state index contributed by atoms with van der Waals surface area (Å²) >= 11 is 0. The Labute approximate surface area is 154 Å². The van der Waals surface area contributed by atoms with Gasteiger partial charge in [-0.2, -0.15) is 0 Å². The van der Waals surface area contributed by atoms with Gasteiger partial charge in [0.25, 0.3) is 0 Å². The zero-order valence-corrected chi connectivity index (χ0v) is 15.5. The quantitative estimate of drug-likeness (QED) is 0.607. The minimum Gasteiger partial charge on any atom is -0.482 e. The van der Waals surface area contributed by atoms with Gasteiger partial charge in [-0.1, -0.05) is 32.0 Å². The number of hydrogen-bond acceptors (Lipinski definition) is 5. The zero-order valence-electron chi connectivity index (χ0n) is 14.1. The third kappa shape index (κ3) is 10.3. The Hall–Kier alpha value is -1.50. The van der Waals surface area contributed by atoms with Crippen LogP contribution >= 0.6 is 0 Å². The third-order valence-electron chi connectivity index (χ3n) is 3.08. The van der Waals surface area contributed by atoms with Crippen molar-refractivity contribution in [1.82, 2.24) is 5.32 Å². The van der Waals surface area contributed by atoms with E-state index in [2.05, 4.69) is 5.32 Å². The topological polar surface area (TPSA) is 84.9 Å². The SMILES string of the molecule is CC(C)CCC(=O)NCC(CO)OC(=O)COc1ccccc1.[V]. The molecule has 0 aromatic heterocycles. The first-order valence-electron chi connectivity index (χ1n) is 7.76. The largest absolute Gasteiger partial charge is 0.482 e. The van der Waals surface area contributed by atoms with Gasteiger partial charge in [0.05, 0.1) is 13.2 Å². The average molecular weight is 374 g/mol. The second-order valence-corrected chi connectivity index (χ2v) is 5.63. The molecule has 0 heterocycles. The number of rotatable bonds is 10. The van der Waals surface area contributed by atoms with E-state index in [1.807, 2.05) is 19.9 Å². The summed E-state index contributed by atoms with van der Waals surface area (Å²) in [5.74, 6) is 0.299. The number of carbonyl (C=O) groups excluding carboxylic acids is 2. The van der Waals surface area contributed by atoms with Crippen LogP contribution in [0.25, 0.3) is 0 Å². The Morgan fingerprint density at radius 3 is 2.46 bits per heavy atom. The molecule has 0 aliphatic heterocycles. The molecule has 24 heavy (non-hydrogen) atoms. The summed E-state index contributed by atoms with van der Waals surface area (Å²) in [5.41, 5.74) is 0. The molecule has 1 radical (unpaired) electrons. The zero-order chi connectivity index (χ0) is 17.1. The van der Waals surface area contributed by atoms with Crippen molar-refractivity contribution in [3.63, 3.8) is 0 Å². The summed E-state index contributed by atoms with van der Waals surface area (Å²) < 4.78 is 10.3. The van der Waals surface area contributed by atoms with Crippen LogP contribution in [0.5, 0.6) is 5.75 Å². The standard InChI is InChI=1S/C17H25NO5.V/c1-13(2)8-9-16(20)18-10-15(11-19)23-17(21)12-22-14-6-4-3-5-7-14;/h3-7,13,15,19H,8-12H2,1-2H3,(H,18,20);. The van der Waals surface area contributed by atoms with Crippen LogP contribution in [0.3, 0.4) is 0 Å². The van der Waals surface area contributed by atoms with E-state index < -0.39 is 12.1 Å². The van der Waals surface area contributed by atoms with Crippen molar-refractivity contribution in [2.24, 2.45) is 5.92 Å². The fraction of sp³-hybridized carbons (Fsp3) is 0.529. The average Bonchev–Trinajstić information content (AvgIpc) is 2.55. The van der Waals surface area contributed by atoms with E-state index in [0.29, 0.717) is 18.1 Å². The summed E-state index contributed by atoms with van der Waals surface area (Å²) in [6.45, 7) is 3.56. The van der Waals surface area contributed by atoms with Crippen LogP contribution in [0.2, 0.25) is 0 Å². The van der Waals surface area contributed by atoms with E-state index in [0.717, 1.165) is 6.42 Å². The number of ether oxygens (including phenoxy) is 2. The van der Waals surface area contributed by atoms with Gasteiger partial charge in [0, 0.05) is 25.0 Å². The van der Waals surface area contributed by atoms with Crippen molar-refractivity contribution < 1.29 is 42.7 Å². The smallest absolute Gasteiger partial charge is 0.344 e. The predicted octanol–water partition coefficient (Wildman–Crippen LogP) is 1.52. The fourth-order valence-corrected chi connectivity index (χ4v) is 1.76. The Balaban J connectivity index is 0.00000529. The number of hydrogen-bond donors (Lipinski definition) is 2. The molecule has 1 amide bonds. The maximum Gasteiger partial charge on any atom is 0.344 e. The van der Waals surface area contributed by atoms with Gasteiger partial charge in [-0.3, -0.25) is 4.79 Å². The molecule has 2 N–H and O–H groups in total. The molecular weight excluding hydrogens is 349 g/mol. The van der Waals surface area contributed by atoms with Crippen molar-refractivity contribution in [1.29, 1.82) is 0 Å². The van der Waals surface area contributed by atoms with Gasteiger partial charge < -0.3 is 19.9 Å². The van der Waals surface area contributed by atoms with Crippen molar-refractivity contribution in [2.75, 3.05) is 19.8 Å². The molecule has 0 saturated heterocycles. The molecule has 0 spiro atoms. The maximum absolute atomic E-state index is 11.7. The second kappa shape index (κ2) is 12.9. The molecule has 0 fully saturated rings. The number of benzene rings is 1. The van der Waals surface area contributed by atoms with Crippen LogP contribution < -0.4 is 10.1 Å². The van der Waals surface area contributed by atoms with E-state index in [4.69, 9.17) is 9.47 Å². The van der Waals surface area contributed by atoms with E-state index in [1.165, 1.54) is 0 Å². The number of esters is 1. The maximum atomic E-state index is 11.7. The number of carbonyl (C=O) groups is 2. The minimum absolute atomic E-state index is 0. The van der Waals surface area contributed by atoms with Gasteiger partial charge in [0.15, 0.2) is 6.61 Å². The monoisotopic (exact) mass is 374 g/mol. The molecule has 6 nitrogen and oxygen atoms in total. The van der Waals surface area contributed by atoms with Gasteiger partial charge in [0.2, 0.25) is 5.91 Å². The summed E-state index contributed by atoms with van der Waals surface area (Å²) in [6, 6.07) is 8.89. The van der Waals surface area contributed by atoms with E-state index >= 15 is 0 Å². The summed E-state index contributed by atoms with van der Waals surface area (Å²) in [6.07, 6.45) is 0.436. The molecule has 7 heteroatoms. The van der Waals surface area contributed by atoms with E-state index in [9.17, 15) is 14.7 Å². The Bertz CT molecular complexity index is 481. The summed E-state index contributed by atoms with van der Waals surface area (Å²) in [5, 5.41) is 11.9. The molecule has 1 aromatic carbocycles. The van der Waals surface area contributed by atoms with Crippen LogP contribution in [-0.2, 0) is 32.9 Å². The molecule has 0 aliphatic carbocycles. The molecule has 1 atom stereocenters. The Morgan fingerprint density at radius 1 is 1.21 bits per heavy atom. The molecular formula is C17H25NO5V. The van der Waals surface area contributed by atoms with Crippen LogP contribution in [0.15, 0.2) is 30.3 Å². The molecule has 0 saturated carbocycles. The Morgan fingerprint density at radius 2 is 1.88 bits per heavy atom. The summed E-state index contributed by atoms with van der Waals surface area (Å²) in [4.78, 5) is 23.3. The number of amides is 1. The first kappa shape index (κ1) is 22.5. The van der Waals surface area contributed by atoms with Gasteiger partial charge >= 0.3 is 5.97 Å². The van der Waals surface area contributed by atoms with E-state index in [-0.39, 0.29) is 44.2 Å². The molecule has 0 aliphatic rings. The van der Waals surface area contributed by atoms with Crippen molar-refractivity contribution in [3.05, 3.63) is 30.3 Å². The van der Waals surface area contributed by atoms with Gasteiger partial charge in [-0.05, 0) is 24.5 Å². The normalized spacial score (nSPS) is 11.3. The fourth-order valence-electron chi connectivity index (χ4n) is 1.76. The van der Waals surface area contributed by atoms with Crippen molar-refractivity contribution >= 4 is 11.9 Å². The summed E-state index contributed by atoms with van der Waals surface area (Å²) in [7, 11) is 0. The molecule has 0 bridgehead atoms. The third-order valence-corrected chi connectivity index (χ3v) is 3.08. The van der Waals surface area contributed by atoms with E-state index in [1.54, 1.807) is 24.3 Å². The Kier molecular flexibility index (Phi) is 12.1. The van der Waals surface area contributed by atoms with Crippen molar-refractivity contribution in [3.8, 4) is 5.75 Å². The number of aliphatic hydroxyl groups is 1. The van der Waals surface area contributed by atoms with Crippen LogP contribution in [-0.4, -0.2) is 42.8 Å². The van der Waals surface area contributed by atoms with Crippen LogP contribution in [0.4, 0.5) is 0 Å². The van der Waals surface area contributed by atoms with Crippen LogP contribution in [0.1, 0.15) is 26.7 Å². The predicted molar refractivity (Wildman–Crippen MR) is 86.0 cm³/mol. The molecule has 1 aromatic rings. The number of para-hydroxylation sites is 1. The minimum atomic E-state index is -0.773.